The third-order valence-corrected chi connectivity index (χ3v) is 5.23. The number of ether oxygens (including phenoxy) is 2. The van der Waals surface area contributed by atoms with Crippen molar-refractivity contribution in [2.45, 2.75) is 46.3 Å². The number of ketones is 1. The Morgan fingerprint density at radius 3 is 2.61 bits per heavy atom. The van der Waals surface area contributed by atoms with Crippen LogP contribution in [0.3, 0.4) is 0 Å². The summed E-state index contributed by atoms with van der Waals surface area (Å²) in [6, 6.07) is 9.75. The Morgan fingerprint density at radius 2 is 1.94 bits per heavy atom. The molecule has 3 rings (SSSR count). The van der Waals surface area contributed by atoms with Crippen LogP contribution >= 0.6 is 0 Å². The lowest BCUT2D eigenvalue weighted by molar-refractivity contribution is -0.140. The molecule has 1 atom stereocenters. The minimum absolute atomic E-state index is 0.0544. The van der Waals surface area contributed by atoms with E-state index >= 15 is 0 Å². The normalized spacial score (nSPS) is 17.9. The van der Waals surface area contributed by atoms with Gasteiger partial charge in [0, 0.05) is 31.1 Å². The summed E-state index contributed by atoms with van der Waals surface area (Å²) in [5.74, 6) is -0.636. The van der Waals surface area contributed by atoms with Crippen molar-refractivity contribution in [3.05, 3.63) is 65.5 Å². The maximum Gasteiger partial charge on any atom is 0.295 e. The van der Waals surface area contributed by atoms with E-state index in [-0.39, 0.29) is 17.4 Å². The van der Waals surface area contributed by atoms with Crippen molar-refractivity contribution in [2.24, 2.45) is 5.92 Å². The summed E-state index contributed by atoms with van der Waals surface area (Å²) < 4.78 is 11.4. The number of carbonyl (C=O) groups excluding carboxylic acids is 2. The number of benzene rings is 1. The molecule has 2 aromatic rings. The van der Waals surface area contributed by atoms with Crippen molar-refractivity contribution in [1.29, 1.82) is 0 Å². The van der Waals surface area contributed by atoms with Crippen LogP contribution in [-0.2, 0) is 14.3 Å². The van der Waals surface area contributed by atoms with Crippen LogP contribution in [0.15, 0.2) is 54.4 Å². The maximum atomic E-state index is 13.1. The molecule has 33 heavy (non-hydrogen) atoms. The number of rotatable bonds is 10. The van der Waals surface area contributed by atoms with Crippen LogP contribution in [0, 0.1) is 5.92 Å². The first-order valence-electron chi connectivity index (χ1n) is 11.3. The second kappa shape index (κ2) is 11.1. The molecule has 0 radical (unpaired) electrons. The number of hydrogen-bond donors (Lipinski definition) is 1. The molecule has 0 saturated carbocycles. The highest BCUT2D eigenvalue weighted by atomic mass is 16.5. The van der Waals surface area contributed by atoms with E-state index in [0.717, 1.165) is 0 Å². The van der Waals surface area contributed by atoms with Crippen LogP contribution in [-0.4, -0.2) is 52.5 Å². The van der Waals surface area contributed by atoms with Crippen molar-refractivity contribution in [3.8, 4) is 5.75 Å². The zero-order valence-corrected chi connectivity index (χ0v) is 19.7. The molecule has 1 N–H and O–H groups in total. The van der Waals surface area contributed by atoms with Gasteiger partial charge in [0.05, 0.1) is 24.3 Å². The number of aromatic nitrogens is 1. The highest BCUT2D eigenvalue weighted by Crippen LogP contribution is 2.39. The van der Waals surface area contributed by atoms with Crippen LogP contribution in [0.5, 0.6) is 5.75 Å². The molecule has 1 aliphatic rings. The summed E-state index contributed by atoms with van der Waals surface area (Å²) in [6.07, 6.45) is 3.89. The number of amides is 1. The van der Waals surface area contributed by atoms with Crippen molar-refractivity contribution >= 4 is 17.4 Å². The molecule has 0 aliphatic carbocycles. The van der Waals surface area contributed by atoms with Gasteiger partial charge >= 0.3 is 0 Å². The monoisotopic (exact) mass is 452 g/mol. The molecule has 1 aromatic heterocycles. The third-order valence-electron chi connectivity index (χ3n) is 5.23. The average molecular weight is 453 g/mol. The van der Waals surface area contributed by atoms with Gasteiger partial charge in [0.2, 0.25) is 0 Å². The van der Waals surface area contributed by atoms with Crippen molar-refractivity contribution < 1.29 is 24.2 Å². The molecule has 0 spiro atoms. The van der Waals surface area contributed by atoms with Gasteiger partial charge in [0.1, 0.15) is 11.5 Å². The van der Waals surface area contributed by atoms with Gasteiger partial charge in [-0.15, -0.1) is 0 Å². The lowest BCUT2D eigenvalue weighted by Gasteiger charge is -2.25. The Balaban J connectivity index is 1.97. The van der Waals surface area contributed by atoms with E-state index in [9.17, 15) is 14.7 Å². The van der Waals surface area contributed by atoms with Crippen LogP contribution in [0.2, 0.25) is 0 Å². The van der Waals surface area contributed by atoms with E-state index in [0.29, 0.717) is 49.0 Å². The number of pyridine rings is 1. The highest BCUT2D eigenvalue weighted by Gasteiger charge is 2.45. The van der Waals surface area contributed by atoms with E-state index in [1.807, 2.05) is 27.7 Å². The first kappa shape index (κ1) is 24.5. The minimum Gasteiger partial charge on any atom is -0.507 e. The highest BCUT2D eigenvalue weighted by molar-refractivity contribution is 6.46. The summed E-state index contributed by atoms with van der Waals surface area (Å²) in [5.41, 5.74) is 1.14. The SMILES string of the molecule is CC(C)COc1cccc(/C(O)=C2/C(=O)C(=O)N(CCCOC(C)C)C2c2cccnc2)c1. The number of aliphatic hydroxyl groups excluding tert-OH is 1. The van der Waals surface area contributed by atoms with Gasteiger partial charge in [-0.1, -0.05) is 32.0 Å². The zero-order valence-electron chi connectivity index (χ0n) is 19.7. The molecule has 2 heterocycles. The van der Waals surface area contributed by atoms with Crippen LogP contribution in [0.4, 0.5) is 0 Å². The number of carbonyl (C=O) groups is 2. The lowest BCUT2D eigenvalue weighted by atomic mass is 9.96. The molecule has 1 unspecified atom stereocenters. The molecule has 1 aliphatic heterocycles. The van der Waals surface area contributed by atoms with E-state index in [1.54, 1.807) is 48.8 Å². The standard InChI is InChI=1S/C26H32N2O5/c1-17(2)16-33-21-10-5-8-19(14-21)24(29)22-23(20-9-6-11-27-15-20)28(26(31)25(22)30)12-7-13-32-18(3)4/h5-6,8-11,14-15,17-18,23,29H,7,12-13,16H2,1-4H3/b24-22-. The van der Waals surface area contributed by atoms with Gasteiger partial charge in [0.15, 0.2) is 0 Å². The van der Waals surface area contributed by atoms with Gasteiger partial charge in [-0.3, -0.25) is 14.6 Å². The molecule has 1 aromatic carbocycles. The van der Waals surface area contributed by atoms with E-state index in [2.05, 4.69) is 4.98 Å². The molecular formula is C26H32N2O5. The van der Waals surface area contributed by atoms with Crippen molar-refractivity contribution in [1.82, 2.24) is 9.88 Å². The Kier molecular flexibility index (Phi) is 8.22. The maximum absolute atomic E-state index is 13.1. The second-order valence-electron chi connectivity index (χ2n) is 8.78. The largest absolute Gasteiger partial charge is 0.507 e. The Hall–Kier alpha value is -3.19. The van der Waals surface area contributed by atoms with Crippen molar-refractivity contribution in [2.75, 3.05) is 19.8 Å². The quantitative estimate of drug-likeness (QED) is 0.249. The Bertz CT molecular complexity index is 1000. The topological polar surface area (TPSA) is 89.0 Å². The fraction of sp³-hybridized carbons (Fsp3) is 0.423. The van der Waals surface area contributed by atoms with Crippen LogP contribution in [0.25, 0.3) is 5.76 Å². The fourth-order valence-electron chi connectivity index (χ4n) is 3.70. The number of hydrogen-bond acceptors (Lipinski definition) is 6. The molecule has 7 heteroatoms. The minimum atomic E-state index is -0.724. The number of Topliss-reactive ketones (excluding diaryl/α,β-unsaturated/α-hetero) is 1. The van der Waals surface area contributed by atoms with Gasteiger partial charge in [0.25, 0.3) is 11.7 Å². The van der Waals surface area contributed by atoms with E-state index in [1.165, 1.54) is 4.90 Å². The van der Waals surface area contributed by atoms with Gasteiger partial charge in [-0.25, -0.2) is 0 Å². The van der Waals surface area contributed by atoms with Gasteiger partial charge in [-0.2, -0.15) is 0 Å². The smallest absolute Gasteiger partial charge is 0.295 e. The fourth-order valence-corrected chi connectivity index (χ4v) is 3.70. The second-order valence-corrected chi connectivity index (χ2v) is 8.78. The molecule has 0 bridgehead atoms. The molecule has 1 fully saturated rings. The summed E-state index contributed by atoms with van der Waals surface area (Å²) in [6.45, 7) is 9.31. The van der Waals surface area contributed by atoms with Gasteiger partial charge in [-0.05, 0) is 49.9 Å². The summed E-state index contributed by atoms with van der Waals surface area (Å²) in [7, 11) is 0. The summed E-state index contributed by atoms with van der Waals surface area (Å²) in [4.78, 5) is 31.7. The van der Waals surface area contributed by atoms with E-state index < -0.39 is 17.7 Å². The number of likely N-dealkylation sites (tertiary alicyclic amines) is 1. The predicted octanol–water partition coefficient (Wildman–Crippen LogP) is 4.35. The first-order valence-corrected chi connectivity index (χ1v) is 11.3. The molecule has 1 saturated heterocycles. The lowest BCUT2D eigenvalue weighted by Crippen LogP contribution is -2.31. The molecule has 7 nitrogen and oxygen atoms in total. The van der Waals surface area contributed by atoms with Crippen LogP contribution in [0.1, 0.15) is 51.3 Å². The first-order chi connectivity index (χ1) is 15.8. The zero-order chi connectivity index (χ0) is 24.0. The average Bonchev–Trinajstić information content (AvgIpc) is 3.05. The Labute approximate surface area is 195 Å². The molecule has 176 valence electrons. The van der Waals surface area contributed by atoms with Crippen LogP contribution < -0.4 is 4.74 Å². The molecular weight excluding hydrogens is 420 g/mol. The molecule has 1 amide bonds. The van der Waals surface area contributed by atoms with Gasteiger partial charge < -0.3 is 19.5 Å². The Morgan fingerprint density at radius 1 is 1.15 bits per heavy atom. The number of aliphatic hydroxyl groups is 1. The summed E-state index contributed by atoms with van der Waals surface area (Å²) >= 11 is 0. The third kappa shape index (κ3) is 5.99. The number of nitrogens with zero attached hydrogens (tertiary/aromatic N) is 2. The van der Waals surface area contributed by atoms with E-state index in [4.69, 9.17) is 9.47 Å². The summed E-state index contributed by atoms with van der Waals surface area (Å²) in [5, 5.41) is 11.2. The predicted molar refractivity (Wildman–Crippen MR) is 126 cm³/mol. The van der Waals surface area contributed by atoms with Crippen molar-refractivity contribution in [3.63, 3.8) is 0 Å².